The van der Waals surface area contributed by atoms with Crippen LogP contribution in [0.25, 0.3) is 4.96 Å². The Balaban J connectivity index is 1.76. The van der Waals surface area contributed by atoms with E-state index in [0.29, 0.717) is 12.2 Å². The lowest BCUT2D eigenvalue weighted by atomic mass is 10.3. The molecule has 0 atom stereocenters. The Labute approximate surface area is 125 Å². The molecule has 3 aromatic rings. The van der Waals surface area contributed by atoms with Crippen LogP contribution in [-0.4, -0.2) is 30.3 Å². The van der Waals surface area contributed by atoms with E-state index >= 15 is 0 Å². The fourth-order valence-corrected chi connectivity index (χ4v) is 2.91. The minimum Gasteiger partial charge on any atom is -0.345 e. The Bertz CT molecular complexity index is 799. The molecular weight excluding hydrogens is 288 g/mol. The topological polar surface area (TPSA) is 77.1 Å². The van der Waals surface area contributed by atoms with Crippen molar-refractivity contribution < 1.29 is 4.79 Å². The highest BCUT2D eigenvalue weighted by Crippen LogP contribution is 2.17. The van der Waals surface area contributed by atoms with Gasteiger partial charge >= 0.3 is 0 Å². The number of aromatic nitrogens is 5. The van der Waals surface area contributed by atoms with Gasteiger partial charge < -0.3 is 5.32 Å². The van der Waals surface area contributed by atoms with Gasteiger partial charge in [-0.15, -0.1) is 0 Å². The van der Waals surface area contributed by atoms with E-state index in [-0.39, 0.29) is 5.91 Å². The summed E-state index contributed by atoms with van der Waals surface area (Å²) >= 11 is 1.54. The quantitative estimate of drug-likeness (QED) is 0.793. The summed E-state index contributed by atoms with van der Waals surface area (Å²) in [7, 11) is 0. The molecule has 7 nitrogen and oxygen atoms in total. The molecule has 0 aliphatic heterocycles. The summed E-state index contributed by atoms with van der Waals surface area (Å²) in [6.45, 7) is 6.96. The summed E-state index contributed by atoms with van der Waals surface area (Å²) in [6, 6.07) is 1.71. The highest BCUT2D eigenvalue weighted by molar-refractivity contribution is 7.16. The largest absolute Gasteiger partial charge is 0.345 e. The highest BCUT2D eigenvalue weighted by atomic mass is 32.1. The standard InChI is InChI=1S/C13H16N6OS/c1-4-18-6-5-10(17-18)12(20)14-7-11-8(2)15-13-19(11)16-9(3)21-13/h5-6H,4,7H2,1-3H3,(H,14,20). The molecule has 0 unspecified atom stereocenters. The van der Waals surface area contributed by atoms with Gasteiger partial charge in [-0.1, -0.05) is 11.3 Å². The summed E-state index contributed by atoms with van der Waals surface area (Å²) in [5, 5.41) is 12.4. The van der Waals surface area contributed by atoms with E-state index in [1.54, 1.807) is 21.5 Å². The van der Waals surface area contributed by atoms with E-state index < -0.39 is 0 Å². The Hall–Kier alpha value is -2.22. The number of hydrogen-bond acceptors (Lipinski definition) is 5. The van der Waals surface area contributed by atoms with Gasteiger partial charge in [-0.2, -0.15) is 10.2 Å². The molecule has 8 heteroatoms. The third kappa shape index (κ3) is 2.54. The third-order valence-corrected chi connectivity index (χ3v) is 4.04. The van der Waals surface area contributed by atoms with Crippen LogP contribution >= 0.6 is 11.3 Å². The van der Waals surface area contributed by atoms with Crippen LogP contribution in [0.1, 0.15) is 33.8 Å². The molecule has 0 fully saturated rings. The summed E-state index contributed by atoms with van der Waals surface area (Å²) < 4.78 is 3.52. The van der Waals surface area contributed by atoms with E-state index in [9.17, 15) is 4.79 Å². The van der Waals surface area contributed by atoms with Gasteiger partial charge in [-0.3, -0.25) is 9.48 Å². The summed E-state index contributed by atoms with van der Waals surface area (Å²) in [4.78, 5) is 17.4. The van der Waals surface area contributed by atoms with Crippen LogP contribution < -0.4 is 5.32 Å². The van der Waals surface area contributed by atoms with Gasteiger partial charge in [0.25, 0.3) is 5.91 Å². The number of nitrogens with one attached hydrogen (secondary N) is 1. The van der Waals surface area contributed by atoms with E-state index in [0.717, 1.165) is 27.9 Å². The SMILES string of the molecule is CCn1ccc(C(=O)NCc2c(C)nc3sc(C)nn23)n1. The fourth-order valence-electron chi connectivity index (χ4n) is 2.10. The van der Waals surface area contributed by atoms with Gasteiger partial charge in [0.05, 0.1) is 17.9 Å². The maximum Gasteiger partial charge on any atom is 0.272 e. The number of amides is 1. The molecule has 1 amide bonds. The second kappa shape index (κ2) is 5.28. The van der Waals surface area contributed by atoms with Gasteiger partial charge in [0.15, 0.2) is 0 Å². The molecule has 0 radical (unpaired) electrons. The predicted molar refractivity (Wildman–Crippen MR) is 79.4 cm³/mol. The summed E-state index contributed by atoms with van der Waals surface area (Å²) in [6.07, 6.45) is 1.79. The number of rotatable bonds is 4. The summed E-state index contributed by atoms with van der Waals surface area (Å²) in [5.41, 5.74) is 2.20. The Morgan fingerprint density at radius 2 is 2.19 bits per heavy atom. The number of fused-ring (bicyclic) bond motifs is 1. The Kier molecular flexibility index (Phi) is 3.46. The van der Waals surface area contributed by atoms with Crippen LogP contribution in [0.15, 0.2) is 12.3 Å². The van der Waals surface area contributed by atoms with Crippen molar-refractivity contribution in [3.05, 3.63) is 34.4 Å². The first-order chi connectivity index (χ1) is 10.1. The lowest BCUT2D eigenvalue weighted by Crippen LogP contribution is -2.24. The molecule has 110 valence electrons. The normalized spacial score (nSPS) is 11.2. The number of imidazole rings is 1. The molecule has 0 saturated carbocycles. The summed E-state index contributed by atoms with van der Waals surface area (Å²) in [5.74, 6) is -0.191. The van der Waals surface area contributed by atoms with Crippen LogP contribution in [0.3, 0.4) is 0 Å². The molecule has 0 saturated heterocycles. The third-order valence-electron chi connectivity index (χ3n) is 3.21. The highest BCUT2D eigenvalue weighted by Gasteiger charge is 2.15. The van der Waals surface area contributed by atoms with Crippen LogP contribution in [0, 0.1) is 13.8 Å². The number of carbonyl (C=O) groups is 1. The van der Waals surface area contributed by atoms with E-state index in [1.165, 1.54) is 11.3 Å². The Morgan fingerprint density at radius 1 is 1.38 bits per heavy atom. The lowest BCUT2D eigenvalue weighted by Gasteiger charge is -2.03. The second-order valence-electron chi connectivity index (χ2n) is 4.70. The minimum atomic E-state index is -0.191. The molecule has 3 aromatic heterocycles. The first kappa shape index (κ1) is 13.7. The van der Waals surface area contributed by atoms with Crippen molar-refractivity contribution in [3.63, 3.8) is 0 Å². The van der Waals surface area contributed by atoms with Crippen molar-refractivity contribution in [3.8, 4) is 0 Å². The van der Waals surface area contributed by atoms with Crippen LogP contribution in [0.2, 0.25) is 0 Å². The van der Waals surface area contributed by atoms with Gasteiger partial charge in [-0.05, 0) is 26.8 Å². The Morgan fingerprint density at radius 3 is 2.90 bits per heavy atom. The zero-order valence-electron chi connectivity index (χ0n) is 12.1. The molecule has 21 heavy (non-hydrogen) atoms. The van der Waals surface area contributed by atoms with Crippen molar-refractivity contribution >= 4 is 22.2 Å². The zero-order chi connectivity index (χ0) is 15.0. The average Bonchev–Trinajstić information content (AvgIpc) is 3.11. The van der Waals surface area contributed by atoms with Crippen LogP contribution in [0.4, 0.5) is 0 Å². The van der Waals surface area contributed by atoms with E-state index in [2.05, 4.69) is 20.5 Å². The van der Waals surface area contributed by atoms with Crippen molar-refractivity contribution in [2.75, 3.05) is 0 Å². The van der Waals surface area contributed by atoms with Crippen molar-refractivity contribution in [1.29, 1.82) is 0 Å². The zero-order valence-corrected chi connectivity index (χ0v) is 12.9. The molecule has 1 N–H and O–H groups in total. The first-order valence-electron chi connectivity index (χ1n) is 6.71. The second-order valence-corrected chi connectivity index (χ2v) is 5.86. The number of aryl methyl sites for hydroxylation is 3. The van der Waals surface area contributed by atoms with Crippen LogP contribution in [-0.2, 0) is 13.1 Å². The maximum atomic E-state index is 12.1. The van der Waals surface area contributed by atoms with Gasteiger partial charge in [0.2, 0.25) is 4.96 Å². The smallest absolute Gasteiger partial charge is 0.272 e. The minimum absolute atomic E-state index is 0.191. The molecule has 0 spiro atoms. The average molecular weight is 304 g/mol. The van der Waals surface area contributed by atoms with Crippen molar-refractivity contribution in [1.82, 2.24) is 29.7 Å². The molecule has 3 heterocycles. The van der Waals surface area contributed by atoms with Crippen molar-refractivity contribution in [2.45, 2.75) is 33.9 Å². The first-order valence-corrected chi connectivity index (χ1v) is 7.53. The van der Waals surface area contributed by atoms with E-state index in [1.807, 2.05) is 20.8 Å². The molecule has 0 aliphatic rings. The molecule has 3 rings (SSSR count). The molecule has 0 aliphatic carbocycles. The van der Waals surface area contributed by atoms with Crippen molar-refractivity contribution in [2.24, 2.45) is 0 Å². The van der Waals surface area contributed by atoms with Crippen LogP contribution in [0.5, 0.6) is 0 Å². The van der Waals surface area contributed by atoms with Gasteiger partial charge in [0, 0.05) is 12.7 Å². The predicted octanol–water partition coefficient (Wildman–Crippen LogP) is 1.55. The lowest BCUT2D eigenvalue weighted by molar-refractivity contribution is 0.0944. The van der Waals surface area contributed by atoms with E-state index in [4.69, 9.17) is 0 Å². The monoisotopic (exact) mass is 304 g/mol. The fraction of sp³-hybridized carbons (Fsp3) is 0.385. The molecule has 0 aromatic carbocycles. The van der Waals surface area contributed by atoms with Gasteiger partial charge in [-0.25, -0.2) is 9.50 Å². The maximum absolute atomic E-state index is 12.1. The molecular formula is C13H16N6OS. The van der Waals surface area contributed by atoms with Gasteiger partial charge in [0.1, 0.15) is 10.7 Å². The number of nitrogens with zero attached hydrogens (tertiary/aromatic N) is 5. The molecule has 0 bridgehead atoms. The number of hydrogen-bond donors (Lipinski definition) is 1. The number of carbonyl (C=O) groups excluding carboxylic acids is 1.